The number of nitrogens with one attached hydrogen (secondary N) is 2. The smallest absolute Gasteiger partial charge is 0.407 e. The molecule has 7 nitrogen and oxygen atoms in total. The normalized spacial score (nSPS) is 15.7. The number of nitrogens with zero attached hydrogens (tertiary/aromatic N) is 1. The Kier molecular flexibility index (Phi) is 8.36. The number of anilines is 2. The molecule has 1 heterocycles. The molecule has 1 aliphatic heterocycles. The molecule has 184 valence electrons. The van der Waals surface area contributed by atoms with Gasteiger partial charge in [0.05, 0.1) is 18.3 Å². The molecule has 0 bridgehead atoms. The monoisotopic (exact) mass is 471 g/mol. The number of carbonyl (C=O) groups excluding carboxylic acids is 2. The topological polar surface area (TPSA) is 79.9 Å². The number of carbonyl (C=O) groups is 2. The van der Waals surface area contributed by atoms with Gasteiger partial charge in [0.15, 0.2) is 0 Å². The molecule has 0 aromatic heterocycles. The van der Waals surface area contributed by atoms with Crippen molar-refractivity contribution in [3.05, 3.63) is 53.8 Å². The summed E-state index contributed by atoms with van der Waals surface area (Å²) in [5.41, 5.74) is 0.694. The lowest BCUT2D eigenvalue weighted by molar-refractivity contribution is 0.0509. The molecular formula is C26H34FN3O4. The molecule has 0 spiro atoms. The number of amides is 2. The fraction of sp³-hybridized carbons (Fsp3) is 0.462. The first-order valence-electron chi connectivity index (χ1n) is 11.7. The van der Waals surface area contributed by atoms with Crippen LogP contribution in [-0.4, -0.2) is 43.3 Å². The molecule has 0 saturated carbocycles. The molecule has 0 radical (unpaired) electrons. The summed E-state index contributed by atoms with van der Waals surface area (Å²) in [7, 11) is 0. The van der Waals surface area contributed by atoms with E-state index in [1.807, 2.05) is 4.90 Å². The van der Waals surface area contributed by atoms with Crippen LogP contribution in [-0.2, 0) is 4.74 Å². The first kappa shape index (κ1) is 25.3. The van der Waals surface area contributed by atoms with Crippen LogP contribution in [0.25, 0.3) is 0 Å². The predicted molar refractivity (Wildman–Crippen MR) is 131 cm³/mol. The van der Waals surface area contributed by atoms with E-state index in [-0.39, 0.29) is 11.9 Å². The molecule has 34 heavy (non-hydrogen) atoms. The minimum Gasteiger partial charge on any atom is -0.494 e. The molecule has 1 aliphatic rings. The third-order valence-corrected chi connectivity index (χ3v) is 5.34. The zero-order chi connectivity index (χ0) is 24.7. The van der Waals surface area contributed by atoms with Crippen molar-refractivity contribution in [3.8, 4) is 5.75 Å². The molecular weight excluding hydrogens is 437 g/mol. The van der Waals surface area contributed by atoms with Gasteiger partial charge in [-0.1, -0.05) is 13.3 Å². The Bertz CT molecular complexity index is 989. The first-order chi connectivity index (χ1) is 16.1. The van der Waals surface area contributed by atoms with E-state index in [4.69, 9.17) is 9.47 Å². The van der Waals surface area contributed by atoms with E-state index in [2.05, 4.69) is 17.6 Å². The Hall–Kier alpha value is -3.29. The van der Waals surface area contributed by atoms with Crippen molar-refractivity contribution in [2.75, 3.05) is 29.9 Å². The van der Waals surface area contributed by atoms with Crippen molar-refractivity contribution in [2.24, 2.45) is 0 Å². The average molecular weight is 472 g/mol. The van der Waals surface area contributed by atoms with E-state index < -0.39 is 17.5 Å². The van der Waals surface area contributed by atoms with Gasteiger partial charge >= 0.3 is 6.09 Å². The van der Waals surface area contributed by atoms with Gasteiger partial charge in [-0.15, -0.1) is 0 Å². The van der Waals surface area contributed by atoms with Gasteiger partial charge in [0.2, 0.25) is 0 Å². The van der Waals surface area contributed by atoms with Crippen molar-refractivity contribution in [1.82, 2.24) is 5.32 Å². The summed E-state index contributed by atoms with van der Waals surface area (Å²) < 4.78 is 25.7. The minimum atomic E-state index is -0.570. The van der Waals surface area contributed by atoms with Crippen molar-refractivity contribution in [1.29, 1.82) is 0 Å². The third kappa shape index (κ3) is 7.37. The molecule has 1 saturated heterocycles. The minimum absolute atomic E-state index is 0.123. The van der Waals surface area contributed by atoms with E-state index >= 15 is 0 Å². The Morgan fingerprint density at radius 1 is 1.15 bits per heavy atom. The number of hydrogen-bond donors (Lipinski definition) is 2. The van der Waals surface area contributed by atoms with Crippen LogP contribution in [0.3, 0.4) is 0 Å². The predicted octanol–water partition coefficient (Wildman–Crippen LogP) is 5.36. The van der Waals surface area contributed by atoms with Crippen molar-refractivity contribution < 1.29 is 23.5 Å². The molecule has 0 aliphatic carbocycles. The van der Waals surface area contributed by atoms with Gasteiger partial charge in [-0.25, -0.2) is 9.18 Å². The Morgan fingerprint density at radius 3 is 2.53 bits per heavy atom. The Morgan fingerprint density at radius 2 is 1.88 bits per heavy atom. The quantitative estimate of drug-likeness (QED) is 0.507. The second-order valence-corrected chi connectivity index (χ2v) is 9.42. The zero-order valence-corrected chi connectivity index (χ0v) is 20.3. The van der Waals surface area contributed by atoms with Gasteiger partial charge in [0, 0.05) is 24.3 Å². The van der Waals surface area contributed by atoms with Gasteiger partial charge in [0.25, 0.3) is 5.91 Å². The van der Waals surface area contributed by atoms with Crippen LogP contribution in [0, 0.1) is 5.82 Å². The molecule has 1 atom stereocenters. The highest BCUT2D eigenvalue weighted by molar-refractivity contribution is 6.04. The third-order valence-electron chi connectivity index (χ3n) is 5.34. The fourth-order valence-electron chi connectivity index (χ4n) is 3.65. The van der Waals surface area contributed by atoms with Crippen LogP contribution >= 0.6 is 0 Å². The van der Waals surface area contributed by atoms with E-state index in [9.17, 15) is 14.0 Å². The van der Waals surface area contributed by atoms with Crippen LogP contribution in [0.2, 0.25) is 0 Å². The Labute approximate surface area is 200 Å². The maximum absolute atomic E-state index is 14.8. The summed E-state index contributed by atoms with van der Waals surface area (Å²) in [5, 5.41) is 5.57. The molecule has 3 rings (SSSR count). The highest BCUT2D eigenvalue weighted by atomic mass is 19.1. The van der Waals surface area contributed by atoms with Crippen LogP contribution in [0.4, 0.5) is 20.6 Å². The highest BCUT2D eigenvalue weighted by Crippen LogP contribution is 2.27. The lowest BCUT2D eigenvalue weighted by Gasteiger charge is -2.23. The van der Waals surface area contributed by atoms with Crippen molar-refractivity contribution >= 4 is 23.4 Å². The van der Waals surface area contributed by atoms with Gasteiger partial charge in [-0.05, 0) is 76.1 Å². The highest BCUT2D eigenvalue weighted by Gasteiger charge is 2.27. The average Bonchev–Trinajstić information content (AvgIpc) is 3.21. The standard InChI is InChI=1S/C26H34FN3O4/c1-5-6-15-33-21-10-7-18(8-11-21)24(31)28-19-9-12-23(22(27)16-19)30-14-13-20(17-30)29-25(32)34-26(2,3)4/h7-12,16,20H,5-6,13-15,17H2,1-4H3,(H,28,31)(H,29,32). The molecule has 2 aromatic rings. The van der Waals surface area contributed by atoms with Gasteiger partial charge in [0.1, 0.15) is 17.2 Å². The van der Waals surface area contributed by atoms with Crippen LogP contribution < -0.4 is 20.3 Å². The summed E-state index contributed by atoms with van der Waals surface area (Å²) in [5.74, 6) is -0.0454. The molecule has 2 amide bonds. The van der Waals surface area contributed by atoms with Crippen LogP contribution in [0.5, 0.6) is 5.75 Å². The number of unbranched alkanes of at least 4 members (excludes halogenated alkanes) is 1. The lowest BCUT2D eigenvalue weighted by Crippen LogP contribution is -2.40. The molecule has 1 unspecified atom stereocenters. The SMILES string of the molecule is CCCCOc1ccc(C(=O)Nc2ccc(N3CCC(NC(=O)OC(C)(C)C)C3)c(F)c2)cc1. The first-order valence-corrected chi connectivity index (χ1v) is 11.7. The second-order valence-electron chi connectivity index (χ2n) is 9.42. The number of hydrogen-bond acceptors (Lipinski definition) is 5. The summed E-state index contributed by atoms with van der Waals surface area (Å²) >= 11 is 0. The van der Waals surface area contributed by atoms with Crippen LogP contribution in [0.15, 0.2) is 42.5 Å². The largest absolute Gasteiger partial charge is 0.494 e. The Balaban J connectivity index is 1.55. The van der Waals surface area contributed by atoms with E-state index in [0.29, 0.717) is 48.8 Å². The summed E-state index contributed by atoms with van der Waals surface area (Å²) in [4.78, 5) is 26.4. The summed E-state index contributed by atoms with van der Waals surface area (Å²) in [6, 6.07) is 11.4. The maximum atomic E-state index is 14.8. The zero-order valence-electron chi connectivity index (χ0n) is 20.3. The number of ether oxygens (including phenoxy) is 2. The summed E-state index contributed by atoms with van der Waals surface area (Å²) in [6.45, 7) is 9.24. The van der Waals surface area contributed by atoms with Crippen molar-refractivity contribution in [2.45, 2.75) is 58.6 Å². The maximum Gasteiger partial charge on any atom is 0.407 e. The number of benzene rings is 2. The number of halogens is 1. The van der Waals surface area contributed by atoms with Gasteiger partial charge in [-0.3, -0.25) is 4.79 Å². The number of alkyl carbamates (subject to hydrolysis) is 1. The van der Waals surface area contributed by atoms with E-state index in [1.54, 1.807) is 57.2 Å². The van der Waals surface area contributed by atoms with Gasteiger partial charge in [-0.2, -0.15) is 0 Å². The van der Waals surface area contributed by atoms with Crippen molar-refractivity contribution in [3.63, 3.8) is 0 Å². The molecule has 8 heteroatoms. The lowest BCUT2D eigenvalue weighted by atomic mass is 10.2. The van der Waals surface area contributed by atoms with E-state index in [1.165, 1.54) is 6.07 Å². The number of rotatable bonds is 8. The second kappa shape index (κ2) is 11.2. The van der Waals surface area contributed by atoms with Crippen LogP contribution in [0.1, 0.15) is 57.3 Å². The van der Waals surface area contributed by atoms with E-state index in [0.717, 1.165) is 12.8 Å². The molecule has 1 fully saturated rings. The molecule has 2 aromatic carbocycles. The summed E-state index contributed by atoms with van der Waals surface area (Å²) in [6.07, 6.45) is 2.24. The van der Waals surface area contributed by atoms with Gasteiger partial charge < -0.3 is 25.0 Å². The fourth-order valence-corrected chi connectivity index (χ4v) is 3.65. The molecule has 2 N–H and O–H groups in total.